The van der Waals surface area contributed by atoms with Crippen LogP contribution in [-0.4, -0.2) is 50.5 Å². The smallest absolute Gasteiger partial charge is 0.242 e. The third-order valence-corrected chi connectivity index (χ3v) is 7.08. The molecule has 35 heavy (non-hydrogen) atoms. The summed E-state index contributed by atoms with van der Waals surface area (Å²) in [6, 6.07) is 16.3. The van der Waals surface area contributed by atoms with Gasteiger partial charge in [0.05, 0.1) is 11.9 Å². The van der Waals surface area contributed by atoms with E-state index in [0.717, 1.165) is 24.0 Å². The average molecular weight is 502 g/mol. The topological polar surface area (TPSA) is 86.8 Å². The third kappa shape index (κ3) is 9.02. The molecule has 2 amide bonds. The first-order valence-electron chi connectivity index (χ1n) is 12.3. The molecular formula is C27H39N3O4S. The Morgan fingerprint density at radius 1 is 0.971 bits per heavy atom. The molecule has 0 spiro atoms. The highest BCUT2D eigenvalue weighted by Gasteiger charge is 2.28. The molecule has 0 heterocycles. The Morgan fingerprint density at radius 3 is 2.20 bits per heavy atom. The average Bonchev–Trinajstić information content (AvgIpc) is 2.82. The van der Waals surface area contributed by atoms with Gasteiger partial charge in [-0.15, -0.1) is 0 Å². The van der Waals surface area contributed by atoms with E-state index in [9.17, 15) is 18.0 Å². The second-order valence-electron chi connectivity index (χ2n) is 8.85. The highest BCUT2D eigenvalue weighted by atomic mass is 32.2. The Kier molecular flexibility index (Phi) is 11.2. The number of hydrogen-bond acceptors (Lipinski definition) is 4. The van der Waals surface area contributed by atoms with Gasteiger partial charge in [0.15, 0.2) is 0 Å². The van der Waals surface area contributed by atoms with Gasteiger partial charge in [0.25, 0.3) is 0 Å². The van der Waals surface area contributed by atoms with Crippen molar-refractivity contribution in [1.29, 1.82) is 0 Å². The van der Waals surface area contributed by atoms with Gasteiger partial charge in [-0.25, -0.2) is 8.42 Å². The van der Waals surface area contributed by atoms with Crippen LogP contribution in [0.15, 0.2) is 54.6 Å². The van der Waals surface area contributed by atoms with Gasteiger partial charge >= 0.3 is 0 Å². The summed E-state index contributed by atoms with van der Waals surface area (Å²) in [7, 11) is -3.50. The lowest BCUT2D eigenvalue weighted by Crippen LogP contribution is -2.49. The van der Waals surface area contributed by atoms with Crippen LogP contribution >= 0.6 is 0 Å². The van der Waals surface area contributed by atoms with Crippen molar-refractivity contribution in [1.82, 2.24) is 10.2 Å². The fraction of sp³-hybridized carbons (Fsp3) is 0.481. The molecule has 0 fully saturated rings. The van der Waals surface area contributed by atoms with E-state index < -0.39 is 16.1 Å². The Labute approximate surface area is 210 Å². The van der Waals surface area contributed by atoms with Crippen molar-refractivity contribution in [2.45, 2.75) is 65.5 Å². The highest BCUT2D eigenvalue weighted by molar-refractivity contribution is 7.92. The standard InChI is InChI=1S/C27H39N3O4S/c1-5-7-19-28-27(32)25(6-2)29(21-23-12-9-8-10-13-23)26(31)14-11-20-30(35(4,33)34)24-17-15-22(3)16-18-24/h8-10,12-13,15-18,25H,5-7,11,14,19-21H2,1-4H3,(H,28,32)/t25-/m0/s1. The molecule has 0 aliphatic rings. The molecule has 0 radical (unpaired) electrons. The van der Waals surface area contributed by atoms with E-state index in [2.05, 4.69) is 12.2 Å². The molecule has 0 aromatic heterocycles. The van der Waals surface area contributed by atoms with E-state index in [1.807, 2.05) is 56.3 Å². The monoisotopic (exact) mass is 501 g/mol. The van der Waals surface area contributed by atoms with Crippen molar-refractivity contribution in [3.63, 3.8) is 0 Å². The Balaban J connectivity index is 2.15. The van der Waals surface area contributed by atoms with Crippen LogP contribution in [0.25, 0.3) is 0 Å². The molecule has 1 atom stereocenters. The van der Waals surface area contributed by atoms with Gasteiger partial charge in [0.2, 0.25) is 21.8 Å². The number of nitrogens with one attached hydrogen (secondary N) is 1. The molecule has 0 aliphatic carbocycles. The summed E-state index contributed by atoms with van der Waals surface area (Å²) in [5.41, 5.74) is 2.56. The molecule has 0 saturated heterocycles. The van der Waals surface area contributed by atoms with E-state index >= 15 is 0 Å². The zero-order chi connectivity index (χ0) is 25.8. The van der Waals surface area contributed by atoms with E-state index in [4.69, 9.17) is 0 Å². The minimum absolute atomic E-state index is 0.142. The van der Waals surface area contributed by atoms with Crippen LogP contribution in [0.4, 0.5) is 5.69 Å². The number of rotatable bonds is 14. The molecule has 2 aromatic rings. The summed E-state index contributed by atoms with van der Waals surface area (Å²) in [6.45, 7) is 7.00. The molecule has 2 aromatic carbocycles. The number of aryl methyl sites for hydroxylation is 1. The van der Waals surface area contributed by atoms with Crippen LogP contribution in [0.5, 0.6) is 0 Å². The number of anilines is 1. The molecule has 1 N–H and O–H groups in total. The van der Waals surface area contributed by atoms with Crippen LogP contribution in [-0.2, 0) is 26.2 Å². The first kappa shape index (κ1) is 28.4. The molecule has 7 nitrogen and oxygen atoms in total. The van der Waals surface area contributed by atoms with Crippen LogP contribution in [0, 0.1) is 6.92 Å². The second kappa shape index (κ2) is 13.9. The molecule has 8 heteroatoms. The number of benzene rings is 2. The molecule has 192 valence electrons. The maximum atomic E-state index is 13.4. The van der Waals surface area contributed by atoms with Gasteiger partial charge in [-0.1, -0.05) is 68.3 Å². The van der Waals surface area contributed by atoms with Crippen LogP contribution < -0.4 is 9.62 Å². The summed E-state index contributed by atoms with van der Waals surface area (Å²) in [6.07, 6.45) is 4.01. The maximum absolute atomic E-state index is 13.4. The summed E-state index contributed by atoms with van der Waals surface area (Å²) in [5, 5.41) is 2.96. The summed E-state index contributed by atoms with van der Waals surface area (Å²) < 4.78 is 26.2. The minimum Gasteiger partial charge on any atom is -0.354 e. The third-order valence-electron chi connectivity index (χ3n) is 5.89. The van der Waals surface area contributed by atoms with Gasteiger partial charge in [-0.05, 0) is 43.9 Å². The Morgan fingerprint density at radius 2 is 1.63 bits per heavy atom. The van der Waals surface area contributed by atoms with Crippen molar-refractivity contribution in [2.24, 2.45) is 0 Å². The first-order valence-corrected chi connectivity index (χ1v) is 14.2. The molecule has 0 saturated carbocycles. The molecular weight excluding hydrogens is 462 g/mol. The molecule has 2 rings (SSSR count). The van der Waals surface area contributed by atoms with Crippen LogP contribution in [0.1, 0.15) is 57.1 Å². The fourth-order valence-corrected chi connectivity index (χ4v) is 4.89. The summed E-state index contributed by atoms with van der Waals surface area (Å²) in [4.78, 5) is 27.9. The van der Waals surface area contributed by atoms with Crippen molar-refractivity contribution in [3.8, 4) is 0 Å². The largest absolute Gasteiger partial charge is 0.354 e. The van der Waals surface area contributed by atoms with E-state index in [1.165, 1.54) is 10.6 Å². The molecule has 0 unspecified atom stereocenters. The number of sulfonamides is 1. The number of hydrogen-bond donors (Lipinski definition) is 1. The number of amides is 2. The lowest BCUT2D eigenvalue weighted by molar-refractivity contribution is -0.141. The number of nitrogens with zero attached hydrogens (tertiary/aromatic N) is 2. The second-order valence-corrected chi connectivity index (χ2v) is 10.8. The van der Waals surface area contributed by atoms with E-state index in [1.54, 1.807) is 17.0 Å². The number of unbranched alkanes of at least 4 members (excludes halogenated alkanes) is 1. The summed E-state index contributed by atoms with van der Waals surface area (Å²) in [5.74, 6) is -0.314. The zero-order valence-corrected chi connectivity index (χ0v) is 22.2. The quantitative estimate of drug-likeness (QED) is 0.392. The normalized spacial score (nSPS) is 12.1. The van der Waals surface area contributed by atoms with E-state index in [0.29, 0.717) is 31.6 Å². The number of carbonyl (C=O) groups excluding carboxylic acids is 2. The maximum Gasteiger partial charge on any atom is 0.242 e. The van der Waals surface area contributed by atoms with Crippen LogP contribution in [0.3, 0.4) is 0 Å². The van der Waals surface area contributed by atoms with Crippen molar-refractivity contribution in [3.05, 3.63) is 65.7 Å². The van der Waals surface area contributed by atoms with Crippen molar-refractivity contribution < 1.29 is 18.0 Å². The predicted molar refractivity (Wildman–Crippen MR) is 142 cm³/mol. The van der Waals surface area contributed by atoms with Crippen LogP contribution in [0.2, 0.25) is 0 Å². The van der Waals surface area contributed by atoms with Gasteiger partial charge < -0.3 is 10.2 Å². The SMILES string of the molecule is CCCCNC(=O)[C@H](CC)N(Cc1ccccc1)C(=O)CCCN(c1ccc(C)cc1)S(C)(=O)=O. The Bertz CT molecular complexity index is 1040. The van der Waals surface area contributed by atoms with Crippen molar-refractivity contribution in [2.75, 3.05) is 23.7 Å². The van der Waals surface area contributed by atoms with Crippen molar-refractivity contribution >= 4 is 27.5 Å². The molecule has 0 bridgehead atoms. The van der Waals surface area contributed by atoms with Gasteiger partial charge in [-0.3, -0.25) is 13.9 Å². The first-order chi connectivity index (χ1) is 16.7. The fourth-order valence-electron chi connectivity index (χ4n) is 3.92. The van der Waals surface area contributed by atoms with Gasteiger partial charge in [0, 0.05) is 26.1 Å². The van der Waals surface area contributed by atoms with E-state index in [-0.39, 0.29) is 24.8 Å². The zero-order valence-electron chi connectivity index (χ0n) is 21.4. The van der Waals surface area contributed by atoms with Gasteiger partial charge in [0.1, 0.15) is 6.04 Å². The lowest BCUT2D eigenvalue weighted by atomic mass is 10.1. The van der Waals surface area contributed by atoms with Gasteiger partial charge in [-0.2, -0.15) is 0 Å². The minimum atomic E-state index is -3.50. The predicted octanol–water partition coefficient (Wildman–Crippen LogP) is 4.26. The number of carbonyl (C=O) groups is 2. The summed E-state index contributed by atoms with van der Waals surface area (Å²) >= 11 is 0. The highest BCUT2D eigenvalue weighted by Crippen LogP contribution is 2.20. The lowest BCUT2D eigenvalue weighted by Gasteiger charge is -2.31. The Hall–Kier alpha value is -2.87. The molecule has 0 aliphatic heterocycles.